The van der Waals surface area contributed by atoms with Crippen LogP contribution in [0, 0.1) is 13.8 Å². The number of aryl methyl sites for hydroxylation is 1. The number of anilines is 1. The van der Waals surface area contributed by atoms with Gasteiger partial charge in [-0.15, -0.1) is 0 Å². The summed E-state index contributed by atoms with van der Waals surface area (Å²) in [5, 5.41) is 6.99. The van der Waals surface area contributed by atoms with Crippen molar-refractivity contribution in [1.29, 1.82) is 0 Å². The molecule has 0 aliphatic carbocycles. The lowest BCUT2D eigenvalue weighted by atomic mass is 10.1. The minimum atomic E-state index is -0.0154. The van der Waals surface area contributed by atoms with Crippen LogP contribution in [0.15, 0.2) is 29.0 Å². The summed E-state index contributed by atoms with van der Waals surface area (Å²) in [7, 11) is 0. The van der Waals surface area contributed by atoms with Gasteiger partial charge in [0.05, 0.1) is 5.56 Å². The number of thiophene rings is 1. The number of hydrogen-bond acceptors (Lipinski definition) is 4. The van der Waals surface area contributed by atoms with Gasteiger partial charge in [-0.05, 0) is 42.0 Å². The molecule has 1 N–H and O–H groups in total. The number of hydrogen-bond donors (Lipinski definition) is 1. The average molecular weight is 347 g/mol. The van der Waals surface area contributed by atoms with E-state index in [4.69, 9.17) is 0 Å². The van der Waals surface area contributed by atoms with Crippen molar-refractivity contribution in [2.24, 2.45) is 0 Å². The highest BCUT2D eigenvalue weighted by atomic mass is 32.2. The zero-order valence-electron chi connectivity index (χ0n) is 13.6. The van der Waals surface area contributed by atoms with E-state index in [0.717, 1.165) is 36.4 Å². The van der Waals surface area contributed by atoms with Gasteiger partial charge in [-0.2, -0.15) is 23.1 Å². The molecule has 1 aliphatic heterocycles. The van der Waals surface area contributed by atoms with Crippen molar-refractivity contribution in [3.63, 3.8) is 0 Å². The molecule has 3 nitrogen and oxygen atoms in total. The number of nitrogens with zero attached hydrogens (tertiary/aromatic N) is 1. The average Bonchev–Trinajstić information content (AvgIpc) is 2.98. The Morgan fingerprint density at radius 3 is 2.70 bits per heavy atom. The zero-order valence-corrected chi connectivity index (χ0v) is 15.2. The SMILES string of the molecule is Cc1cscc1C(=O)Nc1cccc(CN2CCSCC2)c1C. The fraction of sp³-hybridized carbons (Fsp3) is 0.389. The van der Waals surface area contributed by atoms with Gasteiger partial charge >= 0.3 is 0 Å². The fourth-order valence-corrected chi connectivity index (χ4v) is 4.58. The summed E-state index contributed by atoms with van der Waals surface area (Å²) in [5.41, 5.74) is 5.20. The number of nitrogens with one attached hydrogen (secondary N) is 1. The summed E-state index contributed by atoms with van der Waals surface area (Å²) >= 11 is 3.59. The smallest absolute Gasteiger partial charge is 0.256 e. The van der Waals surface area contributed by atoms with Gasteiger partial charge in [0.1, 0.15) is 0 Å². The third-order valence-corrected chi connectivity index (χ3v) is 6.10. The van der Waals surface area contributed by atoms with Crippen molar-refractivity contribution in [2.45, 2.75) is 20.4 Å². The normalized spacial score (nSPS) is 15.6. The topological polar surface area (TPSA) is 32.3 Å². The highest BCUT2D eigenvalue weighted by Crippen LogP contribution is 2.23. The molecule has 1 aromatic carbocycles. The van der Waals surface area contributed by atoms with Crippen LogP contribution in [-0.4, -0.2) is 35.4 Å². The second-order valence-electron chi connectivity index (χ2n) is 5.90. The summed E-state index contributed by atoms with van der Waals surface area (Å²) in [6.45, 7) is 7.34. The van der Waals surface area contributed by atoms with Crippen molar-refractivity contribution in [1.82, 2.24) is 4.90 Å². The van der Waals surface area contributed by atoms with E-state index in [0.29, 0.717) is 0 Å². The maximum absolute atomic E-state index is 12.4. The van der Waals surface area contributed by atoms with Crippen molar-refractivity contribution in [2.75, 3.05) is 29.9 Å². The number of carbonyl (C=O) groups excluding carboxylic acids is 1. The predicted molar refractivity (Wildman–Crippen MR) is 101 cm³/mol. The van der Waals surface area contributed by atoms with Gasteiger partial charge < -0.3 is 5.32 Å². The van der Waals surface area contributed by atoms with Crippen LogP contribution >= 0.6 is 23.1 Å². The van der Waals surface area contributed by atoms with Crippen molar-refractivity contribution >= 4 is 34.7 Å². The molecule has 1 aliphatic rings. The number of thioether (sulfide) groups is 1. The van der Waals surface area contributed by atoms with Gasteiger partial charge in [0, 0.05) is 42.2 Å². The standard InChI is InChI=1S/C18H22N2OS2/c1-13-11-23-12-16(13)18(21)19-17-5-3-4-15(14(17)2)10-20-6-8-22-9-7-20/h3-5,11-12H,6-10H2,1-2H3,(H,19,21). The van der Waals surface area contributed by atoms with Crippen LogP contribution in [0.2, 0.25) is 0 Å². The first-order chi connectivity index (χ1) is 11.1. The quantitative estimate of drug-likeness (QED) is 0.902. The molecule has 1 saturated heterocycles. The Balaban J connectivity index is 1.74. The Labute approximate surface area is 146 Å². The van der Waals surface area contributed by atoms with E-state index in [9.17, 15) is 4.79 Å². The number of rotatable bonds is 4. The fourth-order valence-electron chi connectivity index (χ4n) is 2.77. The molecule has 1 aromatic heterocycles. The molecule has 0 saturated carbocycles. The second-order valence-corrected chi connectivity index (χ2v) is 7.87. The molecular weight excluding hydrogens is 324 g/mol. The molecule has 23 heavy (non-hydrogen) atoms. The van der Waals surface area contributed by atoms with Gasteiger partial charge in [0.25, 0.3) is 5.91 Å². The Hall–Kier alpha value is -1.30. The maximum Gasteiger partial charge on any atom is 0.256 e. The van der Waals surface area contributed by atoms with Crippen molar-refractivity contribution < 1.29 is 4.79 Å². The van der Waals surface area contributed by atoms with E-state index < -0.39 is 0 Å². The summed E-state index contributed by atoms with van der Waals surface area (Å²) < 4.78 is 0. The van der Waals surface area contributed by atoms with Crippen LogP contribution in [-0.2, 0) is 6.54 Å². The molecule has 2 aromatic rings. The van der Waals surface area contributed by atoms with Gasteiger partial charge in [0.15, 0.2) is 0 Å². The number of carbonyl (C=O) groups is 1. The third kappa shape index (κ3) is 3.97. The van der Waals surface area contributed by atoms with Crippen molar-refractivity contribution in [3.8, 4) is 0 Å². The summed E-state index contributed by atoms with van der Waals surface area (Å²) in [4.78, 5) is 14.9. The molecule has 1 amide bonds. The highest BCUT2D eigenvalue weighted by Gasteiger charge is 2.15. The van der Waals surface area contributed by atoms with Crippen LogP contribution in [0.5, 0.6) is 0 Å². The lowest BCUT2D eigenvalue weighted by Crippen LogP contribution is -2.32. The van der Waals surface area contributed by atoms with Crippen LogP contribution in [0.3, 0.4) is 0 Å². The Morgan fingerprint density at radius 1 is 1.22 bits per heavy atom. The summed E-state index contributed by atoms with van der Waals surface area (Å²) in [6, 6.07) is 6.20. The highest BCUT2D eigenvalue weighted by molar-refractivity contribution is 7.99. The molecule has 0 unspecified atom stereocenters. The van der Waals surface area contributed by atoms with Gasteiger partial charge in [-0.3, -0.25) is 9.69 Å². The maximum atomic E-state index is 12.4. The minimum absolute atomic E-state index is 0.0154. The Kier molecular flexibility index (Phi) is 5.41. The van der Waals surface area contributed by atoms with E-state index in [1.165, 1.54) is 22.6 Å². The number of benzene rings is 1. The molecule has 0 bridgehead atoms. The molecule has 0 radical (unpaired) electrons. The Bertz CT molecular complexity index is 690. The van der Waals surface area contributed by atoms with E-state index in [-0.39, 0.29) is 5.91 Å². The summed E-state index contributed by atoms with van der Waals surface area (Å²) in [6.07, 6.45) is 0. The first kappa shape index (κ1) is 16.6. The Morgan fingerprint density at radius 2 is 2.00 bits per heavy atom. The monoisotopic (exact) mass is 346 g/mol. The predicted octanol–water partition coefficient (Wildman–Crippen LogP) is 4.17. The first-order valence-electron chi connectivity index (χ1n) is 7.88. The molecule has 0 atom stereocenters. The molecule has 5 heteroatoms. The number of amides is 1. The molecule has 3 rings (SSSR count). The molecule has 0 spiro atoms. The molecule has 2 heterocycles. The molecule has 122 valence electrons. The lowest BCUT2D eigenvalue weighted by Gasteiger charge is -2.27. The second kappa shape index (κ2) is 7.51. The largest absolute Gasteiger partial charge is 0.322 e. The van der Waals surface area contributed by atoms with Gasteiger partial charge in [-0.25, -0.2) is 0 Å². The summed E-state index contributed by atoms with van der Waals surface area (Å²) in [5.74, 6) is 2.41. The zero-order chi connectivity index (χ0) is 16.2. The van der Waals surface area contributed by atoms with Crippen LogP contribution < -0.4 is 5.32 Å². The van der Waals surface area contributed by atoms with E-state index in [2.05, 4.69) is 23.2 Å². The van der Waals surface area contributed by atoms with E-state index in [1.807, 2.05) is 41.6 Å². The van der Waals surface area contributed by atoms with Gasteiger partial charge in [-0.1, -0.05) is 12.1 Å². The lowest BCUT2D eigenvalue weighted by molar-refractivity contribution is 0.102. The van der Waals surface area contributed by atoms with E-state index >= 15 is 0 Å². The minimum Gasteiger partial charge on any atom is -0.322 e. The van der Waals surface area contributed by atoms with Crippen molar-refractivity contribution in [3.05, 3.63) is 51.2 Å². The van der Waals surface area contributed by atoms with E-state index in [1.54, 1.807) is 11.3 Å². The van der Waals surface area contributed by atoms with Crippen LogP contribution in [0.4, 0.5) is 5.69 Å². The van der Waals surface area contributed by atoms with Crippen LogP contribution in [0.1, 0.15) is 27.0 Å². The molecule has 1 fully saturated rings. The first-order valence-corrected chi connectivity index (χ1v) is 9.97. The van der Waals surface area contributed by atoms with Gasteiger partial charge in [0.2, 0.25) is 0 Å². The molecular formula is C18H22N2OS2. The van der Waals surface area contributed by atoms with Crippen LogP contribution in [0.25, 0.3) is 0 Å². The third-order valence-electron chi connectivity index (χ3n) is 4.29.